The van der Waals surface area contributed by atoms with Crippen molar-refractivity contribution in [2.75, 3.05) is 7.05 Å². The van der Waals surface area contributed by atoms with Crippen molar-refractivity contribution in [2.45, 2.75) is 25.3 Å². The molecule has 0 aliphatic carbocycles. The van der Waals surface area contributed by atoms with E-state index in [1.54, 1.807) is 0 Å². The number of aromatic amines is 1. The van der Waals surface area contributed by atoms with Gasteiger partial charge in [0.2, 0.25) is 0 Å². The first-order valence-corrected chi connectivity index (χ1v) is 6.33. The molecule has 3 atom stereocenters. The van der Waals surface area contributed by atoms with Gasteiger partial charge in [-0.1, -0.05) is 30.3 Å². The molecule has 1 fully saturated rings. The maximum Gasteiger partial charge on any atom is 0.152 e. The third-order valence-electron chi connectivity index (χ3n) is 3.74. The summed E-state index contributed by atoms with van der Waals surface area (Å²) in [5.74, 6) is 0. The van der Waals surface area contributed by atoms with E-state index in [0.717, 1.165) is 5.69 Å². The van der Waals surface area contributed by atoms with Crippen LogP contribution in [0.15, 0.2) is 48.7 Å². The Kier molecular flexibility index (Phi) is 2.94. The summed E-state index contributed by atoms with van der Waals surface area (Å²) in [6.07, 6.45) is 2.08. The van der Waals surface area contributed by atoms with Crippen LogP contribution >= 0.6 is 0 Å². The van der Waals surface area contributed by atoms with Gasteiger partial charge < -0.3 is 9.72 Å². The highest BCUT2D eigenvalue weighted by Crippen LogP contribution is 2.40. The first-order chi connectivity index (χ1) is 8.77. The van der Waals surface area contributed by atoms with Crippen LogP contribution < -0.4 is 0 Å². The number of likely N-dealkylation sites (N-methyl/N-ethyl adjacent to an activating group) is 1. The Bertz CT molecular complexity index is 494. The highest BCUT2D eigenvalue weighted by atomic mass is 16.5. The van der Waals surface area contributed by atoms with Crippen molar-refractivity contribution >= 4 is 0 Å². The van der Waals surface area contributed by atoms with Crippen LogP contribution in [0.5, 0.6) is 0 Å². The van der Waals surface area contributed by atoms with Crippen molar-refractivity contribution in [1.29, 1.82) is 0 Å². The molecule has 1 saturated heterocycles. The van der Waals surface area contributed by atoms with Crippen molar-refractivity contribution in [3.63, 3.8) is 0 Å². The van der Waals surface area contributed by atoms with Crippen LogP contribution in [-0.4, -0.2) is 23.0 Å². The Hall–Kier alpha value is -1.58. The Morgan fingerprint density at radius 2 is 1.89 bits per heavy atom. The van der Waals surface area contributed by atoms with Crippen LogP contribution in [0.4, 0.5) is 0 Å². The largest absolute Gasteiger partial charge is 0.362 e. The molecule has 1 aliphatic heterocycles. The van der Waals surface area contributed by atoms with E-state index in [2.05, 4.69) is 54.2 Å². The maximum absolute atomic E-state index is 6.21. The van der Waals surface area contributed by atoms with Crippen LogP contribution in [0, 0.1) is 0 Å². The van der Waals surface area contributed by atoms with E-state index in [-0.39, 0.29) is 12.3 Å². The van der Waals surface area contributed by atoms with Crippen LogP contribution in [0.1, 0.15) is 30.5 Å². The first kappa shape index (κ1) is 11.5. The fraction of sp³-hybridized carbons (Fsp3) is 0.333. The van der Waals surface area contributed by atoms with Gasteiger partial charge in [-0.2, -0.15) is 0 Å². The molecule has 2 aromatic rings. The molecule has 1 aromatic heterocycles. The quantitative estimate of drug-likeness (QED) is 0.876. The van der Waals surface area contributed by atoms with E-state index >= 15 is 0 Å². The van der Waals surface area contributed by atoms with Gasteiger partial charge in [0.05, 0.1) is 5.69 Å². The number of rotatable bonds is 2. The van der Waals surface area contributed by atoms with Crippen molar-refractivity contribution in [3.8, 4) is 0 Å². The smallest absolute Gasteiger partial charge is 0.152 e. The Morgan fingerprint density at radius 1 is 1.11 bits per heavy atom. The molecule has 1 N–H and O–H groups in total. The summed E-state index contributed by atoms with van der Waals surface area (Å²) in [6, 6.07) is 14.9. The standard InChI is InChI=1S/C15H18N2O/c1-11-14(12-7-4-3-5-8-12)18-15(17(11)2)13-9-6-10-16-13/h3-11,14-16H,1-2H3/t11-,14-,15?/m0/s1. The molecule has 1 aromatic carbocycles. The van der Waals surface area contributed by atoms with E-state index < -0.39 is 0 Å². The average Bonchev–Trinajstić information content (AvgIpc) is 3.01. The molecular formula is C15H18N2O. The molecular weight excluding hydrogens is 224 g/mol. The molecule has 94 valence electrons. The molecule has 0 radical (unpaired) electrons. The summed E-state index contributed by atoms with van der Waals surface area (Å²) < 4.78 is 6.21. The molecule has 3 heteroatoms. The fourth-order valence-electron chi connectivity index (χ4n) is 2.57. The van der Waals surface area contributed by atoms with Gasteiger partial charge in [0, 0.05) is 12.2 Å². The van der Waals surface area contributed by atoms with E-state index in [0.29, 0.717) is 6.04 Å². The number of nitrogens with one attached hydrogen (secondary N) is 1. The number of aromatic nitrogens is 1. The predicted octanol–water partition coefficient (Wildman–Crippen LogP) is 3.11. The number of benzene rings is 1. The van der Waals surface area contributed by atoms with Gasteiger partial charge in [0.15, 0.2) is 6.23 Å². The topological polar surface area (TPSA) is 28.3 Å². The molecule has 3 nitrogen and oxygen atoms in total. The summed E-state index contributed by atoms with van der Waals surface area (Å²) in [7, 11) is 2.11. The molecule has 18 heavy (non-hydrogen) atoms. The van der Waals surface area contributed by atoms with Gasteiger partial charge in [-0.3, -0.25) is 4.90 Å². The molecule has 1 unspecified atom stereocenters. The zero-order chi connectivity index (χ0) is 12.5. The second-order valence-corrected chi connectivity index (χ2v) is 4.85. The lowest BCUT2D eigenvalue weighted by Gasteiger charge is -2.20. The fourth-order valence-corrected chi connectivity index (χ4v) is 2.57. The molecule has 2 heterocycles. The lowest BCUT2D eigenvalue weighted by Crippen LogP contribution is -2.27. The third-order valence-corrected chi connectivity index (χ3v) is 3.74. The van der Waals surface area contributed by atoms with Crippen molar-refractivity contribution in [3.05, 3.63) is 59.9 Å². The van der Waals surface area contributed by atoms with Gasteiger partial charge in [-0.15, -0.1) is 0 Å². The zero-order valence-electron chi connectivity index (χ0n) is 10.7. The van der Waals surface area contributed by atoms with Gasteiger partial charge in [-0.25, -0.2) is 0 Å². The van der Waals surface area contributed by atoms with Crippen molar-refractivity contribution < 1.29 is 4.74 Å². The monoisotopic (exact) mass is 242 g/mol. The van der Waals surface area contributed by atoms with Gasteiger partial charge in [-0.05, 0) is 31.7 Å². The number of hydrogen-bond acceptors (Lipinski definition) is 2. The van der Waals surface area contributed by atoms with E-state index in [4.69, 9.17) is 4.74 Å². The minimum absolute atomic E-state index is 0.0141. The predicted molar refractivity (Wildman–Crippen MR) is 71.0 cm³/mol. The molecule has 0 spiro atoms. The number of hydrogen-bond donors (Lipinski definition) is 1. The van der Waals surface area contributed by atoms with Gasteiger partial charge >= 0.3 is 0 Å². The highest BCUT2D eigenvalue weighted by Gasteiger charge is 2.38. The lowest BCUT2D eigenvalue weighted by molar-refractivity contribution is 0.00304. The number of nitrogens with zero attached hydrogens (tertiary/aromatic N) is 1. The van der Waals surface area contributed by atoms with Crippen LogP contribution in [0.25, 0.3) is 0 Å². The van der Waals surface area contributed by atoms with Gasteiger partial charge in [0.1, 0.15) is 6.10 Å². The second kappa shape index (κ2) is 4.59. The van der Waals surface area contributed by atoms with Crippen LogP contribution in [0.3, 0.4) is 0 Å². The summed E-state index contributed by atoms with van der Waals surface area (Å²) in [6.45, 7) is 2.21. The molecule has 0 bridgehead atoms. The molecule has 0 saturated carbocycles. The number of ether oxygens (including phenoxy) is 1. The van der Waals surface area contributed by atoms with Crippen LogP contribution in [-0.2, 0) is 4.74 Å². The van der Waals surface area contributed by atoms with E-state index in [1.165, 1.54) is 5.56 Å². The Morgan fingerprint density at radius 3 is 2.56 bits per heavy atom. The average molecular weight is 242 g/mol. The minimum atomic E-state index is 0.0141. The summed E-state index contributed by atoms with van der Waals surface area (Å²) >= 11 is 0. The van der Waals surface area contributed by atoms with Crippen molar-refractivity contribution in [2.24, 2.45) is 0 Å². The Labute approximate surface area is 107 Å². The summed E-state index contributed by atoms with van der Waals surface area (Å²) in [5.41, 5.74) is 2.36. The summed E-state index contributed by atoms with van der Waals surface area (Å²) in [4.78, 5) is 5.50. The van der Waals surface area contributed by atoms with Crippen LogP contribution in [0.2, 0.25) is 0 Å². The van der Waals surface area contributed by atoms with E-state index in [1.807, 2.05) is 18.3 Å². The molecule has 1 aliphatic rings. The SMILES string of the molecule is C[C@H]1[C@@H](c2ccccc2)OC(c2ccc[nH]2)N1C. The molecule has 0 amide bonds. The molecule has 3 rings (SSSR count). The summed E-state index contributed by atoms with van der Waals surface area (Å²) in [5, 5.41) is 0. The Balaban J connectivity index is 1.87. The maximum atomic E-state index is 6.21. The lowest BCUT2D eigenvalue weighted by atomic mass is 10.0. The minimum Gasteiger partial charge on any atom is -0.362 e. The van der Waals surface area contributed by atoms with E-state index in [9.17, 15) is 0 Å². The second-order valence-electron chi connectivity index (χ2n) is 4.85. The normalized spacial score (nSPS) is 28.7. The number of H-pyrrole nitrogens is 1. The highest BCUT2D eigenvalue weighted by molar-refractivity contribution is 5.21. The first-order valence-electron chi connectivity index (χ1n) is 6.33. The van der Waals surface area contributed by atoms with Gasteiger partial charge in [0.25, 0.3) is 0 Å². The van der Waals surface area contributed by atoms with Crippen molar-refractivity contribution in [1.82, 2.24) is 9.88 Å². The third kappa shape index (κ3) is 1.85. The zero-order valence-corrected chi connectivity index (χ0v) is 10.7.